The van der Waals surface area contributed by atoms with Gasteiger partial charge in [-0.25, -0.2) is 18.7 Å². The second-order valence-electron chi connectivity index (χ2n) is 9.50. The van der Waals surface area contributed by atoms with Gasteiger partial charge in [0.15, 0.2) is 6.61 Å². The van der Waals surface area contributed by atoms with E-state index in [4.69, 9.17) is 9.47 Å². The van der Waals surface area contributed by atoms with Crippen LogP contribution in [0.15, 0.2) is 18.3 Å². The van der Waals surface area contributed by atoms with E-state index in [1.165, 1.54) is 11.3 Å². The number of nitrogens with one attached hydrogen (secondary N) is 1. The van der Waals surface area contributed by atoms with Crippen molar-refractivity contribution in [3.8, 4) is 11.1 Å². The van der Waals surface area contributed by atoms with Crippen molar-refractivity contribution in [1.82, 2.24) is 20.2 Å². The molecule has 7 nitrogen and oxygen atoms in total. The minimum atomic E-state index is -2.86. The first-order valence-corrected chi connectivity index (χ1v) is 13.2. The summed E-state index contributed by atoms with van der Waals surface area (Å²) in [6.45, 7) is 5.25. The van der Waals surface area contributed by atoms with Gasteiger partial charge in [-0.1, -0.05) is 11.3 Å². The number of halogens is 2. The predicted octanol–water partition coefficient (Wildman–Crippen LogP) is 4.71. The van der Waals surface area contributed by atoms with Gasteiger partial charge in [-0.3, -0.25) is 9.69 Å². The van der Waals surface area contributed by atoms with Gasteiger partial charge in [0, 0.05) is 37.1 Å². The van der Waals surface area contributed by atoms with Gasteiger partial charge in [0.05, 0.1) is 12.3 Å². The van der Waals surface area contributed by atoms with Crippen molar-refractivity contribution in [3.05, 3.63) is 34.5 Å². The van der Waals surface area contributed by atoms with Gasteiger partial charge in [0.2, 0.25) is 5.88 Å². The Bertz CT molecular complexity index is 989. The maximum atomic E-state index is 13.1. The van der Waals surface area contributed by atoms with Crippen molar-refractivity contribution in [1.29, 1.82) is 0 Å². The molecule has 0 saturated heterocycles. The zero-order chi connectivity index (χ0) is 24.8. The molecule has 0 atom stereocenters. The maximum absolute atomic E-state index is 13.1. The van der Waals surface area contributed by atoms with Gasteiger partial charge in [-0.2, -0.15) is 0 Å². The summed E-state index contributed by atoms with van der Waals surface area (Å²) in [5.41, 5.74) is 1.45. The third-order valence-electron chi connectivity index (χ3n) is 6.57. The average molecular weight is 509 g/mol. The van der Waals surface area contributed by atoms with Crippen LogP contribution in [-0.4, -0.2) is 59.0 Å². The Kier molecular flexibility index (Phi) is 8.54. The molecule has 0 aromatic carbocycles. The van der Waals surface area contributed by atoms with E-state index in [1.54, 1.807) is 18.3 Å². The van der Waals surface area contributed by atoms with E-state index in [9.17, 15) is 13.6 Å². The molecule has 2 aliphatic rings. The molecule has 1 saturated carbocycles. The number of alkyl halides is 2. The Labute approximate surface area is 209 Å². The zero-order valence-electron chi connectivity index (χ0n) is 20.4. The van der Waals surface area contributed by atoms with Crippen LogP contribution in [0.4, 0.5) is 8.78 Å². The van der Waals surface area contributed by atoms with E-state index in [2.05, 4.69) is 20.2 Å². The van der Waals surface area contributed by atoms with E-state index >= 15 is 0 Å². The van der Waals surface area contributed by atoms with Crippen LogP contribution in [0.3, 0.4) is 0 Å². The number of pyridine rings is 1. The molecule has 2 aromatic heterocycles. The third-order valence-corrected chi connectivity index (χ3v) is 7.64. The van der Waals surface area contributed by atoms with Crippen LogP contribution in [0, 0.1) is 5.92 Å². The number of fused-ring (bicyclic) bond motifs is 1. The van der Waals surface area contributed by atoms with Crippen LogP contribution < -0.4 is 14.8 Å². The molecular weight excluding hydrogens is 474 g/mol. The molecule has 10 heteroatoms. The van der Waals surface area contributed by atoms with E-state index < -0.39 is 12.5 Å². The van der Waals surface area contributed by atoms with Crippen molar-refractivity contribution in [2.45, 2.75) is 70.9 Å². The summed E-state index contributed by atoms with van der Waals surface area (Å²) >= 11 is 1.39. The molecule has 1 fully saturated rings. The number of aromatic nitrogens is 2. The zero-order valence-corrected chi connectivity index (χ0v) is 21.2. The van der Waals surface area contributed by atoms with Crippen molar-refractivity contribution in [2.24, 2.45) is 5.92 Å². The molecule has 2 aromatic rings. The Morgan fingerprint density at radius 2 is 2.09 bits per heavy atom. The molecule has 0 spiro atoms. The number of hydrogen-bond acceptors (Lipinski definition) is 7. The molecule has 1 aliphatic carbocycles. The lowest BCUT2D eigenvalue weighted by atomic mass is 9.84. The highest BCUT2D eigenvalue weighted by Crippen LogP contribution is 2.32. The lowest BCUT2D eigenvalue weighted by Crippen LogP contribution is -2.38. The lowest BCUT2D eigenvalue weighted by molar-refractivity contribution is -0.0230. The number of rotatable bonds is 10. The summed E-state index contributed by atoms with van der Waals surface area (Å²) in [4.78, 5) is 24.9. The third kappa shape index (κ3) is 7.33. The topological polar surface area (TPSA) is 76.6 Å². The predicted molar refractivity (Wildman–Crippen MR) is 130 cm³/mol. The fourth-order valence-corrected chi connectivity index (χ4v) is 5.62. The van der Waals surface area contributed by atoms with Gasteiger partial charge >= 0.3 is 0 Å². The SMILES string of the molecule is CCOc1ncccc1C(=O)N[C@H]1CC[C@H](CCN2CCc3sc(OCC(C)(F)F)nc3C2)CC1. The van der Waals surface area contributed by atoms with Crippen molar-refractivity contribution >= 4 is 17.2 Å². The van der Waals surface area contributed by atoms with E-state index in [1.807, 2.05) is 6.92 Å². The molecule has 1 N–H and O–H groups in total. The molecule has 1 aliphatic heterocycles. The first-order chi connectivity index (χ1) is 16.8. The number of amides is 1. The summed E-state index contributed by atoms with van der Waals surface area (Å²) in [5, 5.41) is 3.50. The molecule has 1 amide bonds. The minimum absolute atomic E-state index is 0.122. The lowest BCUT2D eigenvalue weighted by Gasteiger charge is -2.32. The van der Waals surface area contributed by atoms with Crippen LogP contribution in [0.5, 0.6) is 11.1 Å². The number of hydrogen-bond donors (Lipinski definition) is 1. The molecule has 4 rings (SSSR count). The van der Waals surface area contributed by atoms with Crippen LogP contribution in [0.2, 0.25) is 0 Å². The molecule has 192 valence electrons. The Balaban J connectivity index is 1.19. The first kappa shape index (κ1) is 25.8. The van der Waals surface area contributed by atoms with E-state index in [0.29, 0.717) is 29.2 Å². The summed E-state index contributed by atoms with van der Waals surface area (Å²) < 4.78 is 36.8. The normalized spacial score (nSPS) is 20.8. The van der Waals surface area contributed by atoms with Crippen molar-refractivity contribution < 1.29 is 23.0 Å². The second-order valence-corrected chi connectivity index (χ2v) is 10.5. The first-order valence-electron chi connectivity index (χ1n) is 12.4. The monoisotopic (exact) mass is 508 g/mol. The largest absolute Gasteiger partial charge is 0.477 e. The van der Waals surface area contributed by atoms with Gasteiger partial charge in [0.1, 0.15) is 5.56 Å². The maximum Gasteiger partial charge on any atom is 0.278 e. The van der Waals surface area contributed by atoms with Crippen molar-refractivity contribution in [3.63, 3.8) is 0 Å². The van der Waals surface area contributed by atoms with Gasteiger partial charge in [-0.15, -0.1) is 0 Å². The standard InChI is InChI=1S/C25H34F2N4O3S/c1-3-33-23-19(5-4-12-28-23)22(32)29-18-8-6-17(7-9-18)10-13-31-14-11-21-20(15-31)30-24(35-21)34-16-25(2,26)27/h4-5,12,17-18H,3,6-11,13-16H2,1-2H3,(H,29,32)/t17-,18-. The molecule has 0 unspecified atom stereocenters. The highest BCUT2D eigenvalue weighted by molar-refractivity contribution is 7.13. The Hall–Kier alpha value is -2.33. The average Bonchev–Trinajstić information content (AvgIpc) is 3.25. The molecule has 0 radical (unpaired) electrons. The fourth-order valence-electron chi connectivity index (χ4n) is 4.71. The molecule has 35 heavy (non-hydrogen) atoms. The van der Waals surface area contributed by atoms with Crippen LogP contribution in [0.25, 0.3) is 0 Å². The van der Waals surface area contributed by atoms with Crippen LogP contribution >= 0.6 is 11.3 Å². The second kappa shape index (κ2) is 11.6. The number of carbonyl (C=O) groups is 1. The number of nitrogens with zero attached hydrogens (tertiary/aromatic N) is 3. The minimum Gasteiger partial charge on any atom is -0.477 e. The summed E-state index contributed by atoms with van der Waals surface area (Å²) in [6.07, 6.45) is 7.76. The highest BCUT2D eigenvalue weighted by atomic mass is 32.1. The van der Waals surface area contributed by atoms with Crippen LogP contribution in [-0.2, 0) is 13.0 Å². The van der Waals surface area contributed by atoms with Crippen molar-refractivity contribution in [2.75, 3.05) is 26.3 Å². The van der Waals surface area contributed by atoms with Gasteiger partial charge in [0.25, 0.3) is 17.0 Å². The summed E-state index contributed by atoms with van der Waals surface area (Å²) in [7, 11) is 0. The smallest absolute Gasteiger partial charge is 0.278 e. The highest BCUT2D eigenvalue weighted by Gasteiger charge is 2.27. The van der Waals surface area contributed by atoms with Gasteiger partial charge < -0.3 is 14.8 Å². The van der Waals surface area contributed by atoms with Gasteiger partial charge in [-0.05, 0) is 70.0 Å². The fraction of sp³-hybridized carbons (Fsp3) is 0.640. The van der Waals surface area contributed by atoms with Crippen LogP contribution in [0.1, 0.15) is 66.9 Å². The number of thiazole rings is 1. The Morgan fingerprint density at radius 1 is 1.29 bits per heavy atom. The summed E-state index contributed by atoms with van der Waals surface area (Å²) in [5.74, 6) is -1.95. The Morgan fingerprint density at radius 3 is 2.83 bits per heavy atom. The molecule has 0 bridgehead atoms. The number of carbonyl (C=O) groups excluding carboxylic acids is 1. The summed E-state index contributed by atoms with van der Waals surface area (Å²) in [6, 6.07) is 3.68. The quantitative estimate of drug-likeness (QED) is 0.501. The van der Waals surface area contributed by atoms with E-state index in [0.717, 1.165) is 75.7 Å². The molecular formula is C25H34F2N4O3S. The van der Waals surface area contributed by atoms with E-state index in [-0.39, 0.29) is 11.9 Å². The number of ether oxygens (including phenoxy) is 2. The molecule has 3 heterocycles.